The maximum absolute atomic E-state index is 13.6. The number of hydrogen-bond donors (Lipinski definition) is 2. The quantitative estimate of drug-likeness (QED) is 0.757. The van der Waals surface area contributed by atoms with Crippen molar-refractivity contribution in [1.29, 1.82) is 0 Å². The molecular formula is C14H10FIN2O. The van der Waals surface area contributed by atoms with Gasteiger partial charge in [-0.2, -0.15) is 0 Å². The Balaban J connectivity index is 2.00. The summed E-state index contributed by atoms with van der Waals surface area (Å²) in [5.41, 5.74) is 2.07. The zero-order chi connectivity index (χ0) is 13.4. The summed E-state index contributed by atoms with van der Waals surface area (Å²) in [4.78, 5) is 12.1. The lowest BCUT2D eigenvalue weighted by atomic mass is 10.0. The van der Waals surface area contributed by atoms with Gasteiger partial charge < -0.3 is 10.6 Å². The summed E-state index contributed by atoms with van der Waals surface area (Å²) in [6, 6.07) is 11.9. The second-order valence-electron chi connectivity index (χ2n) is 4.29. The molecule has 0 aromatic heterocycles. The first kappa shape index (κ1) is 12.4. The lowest BCUT2D eigenvalue weighted by molar-refractivity contribution is -0.117. The fourth-order valence-corrected chi connectivity index (χ4v) is 2.54. The Morgan fingerprint density at radius 1 is 1.11 bits per heavy atom. The van der Waals surface area contributed by atoms with E-state index < -0.39 is 6.04 Å². The first-order chi connectivity index (χ1) is 9.15. The number of fused-ring (bicyclic) bond motifs is 1. The van der Waals surface area contributed by atoms with E-state index in [0.717, 1.165) is 5.56 Å². The van der Waals surface area contributed by atoms with Crippen molar-refractivity contribution in [2.24, 2.45) is 0 Å². The van der Waals surface area contributed by atoms with E-state index in [-0.39, 0.29) is 11.7 Å². The molecule has 0 fully saturated rings. The summed E-state index contributed by atoms with van der Waals surface area (Å²) in [5.74, 6) is -0.434. The minimum Gasteiger partial charge on any atom is -0.368 e. The number of carbonyl (C=O) groups is 1. The van der Waals surface area contributed by atoms with Crippen molar-refractivity contribution < 1.29 is 9.18 Å². The second kappa shape index (κ2) is 4.80. The van der Waals surface area contributed by atoms with E-state index in [0.29, 0.717) is 14.9 Å². The van der Waals surface area contributed by atoms with Crippen molar-refractivity contribution in [3.63, 3.8) is 0 Å². The monoisotopic (exact) mass is 368 g/mol. The van der Waals surface area contributed by atoms with Crippen LogP contribution in [0.15, 0.2) is 42.5 Å². The SMILES string of the molecule is O=C1Nc2cc(I)c(F)cc2NC1c1ccccc1. The molecule has 0 saturated heterocycles. The maximum atomic E-state index is 13.6. The van der Waals surface area contributed by atoms with Crippen LogP contribution in [0.1, 0.15) is 11.6 Å². The first-order valence-electron chi connectivity index (χ1n) is 5.76. The van der Waals surface area contributed by atoms with Gasteiger partial charge in [0.2, 0.25) is 0 Å². The lowest BCUT2D eigenvalue weighted by Gasteiger charge is -2.27. The highest BCUT2D eigenvalue weighted by Crippen LogP contribution is 2.34. The third-order valence-electron chi connectivity index (χ3n) is 3.01. The average Bonchev–Trinajstić information content (AvgIpc) is 2.41. The zero-order valence-electron chi connectivity index (χ0n) is 9.78. The van der Waals surface area contributed by atoms with Crippen molar-refractivity contribution in [2.45, 2.75) is 6.04 Å². The van der Waals surface area contributed by atoms with Crippen LogP contribution in [0.4, 0.5) is 15.8 Å². The molecule has 1 atom stereocenters. The Labute approximate surface area is 123 Å². The predicted octanol–water partition coefficient (Wildman–Crippen LogP) is 3.54. The van der Waals surface area contributed by atoms with Crippen LogP contribution in [0, 0.1) is 9.39 Å². The van der Waals surface area contributed by atoms with Crippen molar-refractivity contribution >= 4 is 39.9 Å². The van der Waals surface area contributed by atoms with Gasteiger partial charge >= 0.3 is 0 Å². The molecule has 0 aliphatic carbocycles. The van der Waals surface area contributed by atoms with Crippen molar-refractivity contribution in [3.05, 3.63) is 57.4 Å². The number of anilines is 2. The first-order valence-corrected chi connectivity index (χ1v) is 6.84. The minimum absolute atomic E-state index is 0.138. The summed E-state index contributed by atoms with van der Waals surface area (Å²) >= 11 is 1.90. The van der Waals surface area contributed by atoms with E-state index in [1.54, 1.807) is 6.07 Å². The van der Waals surface area contributed by atoms with Crippen LogP contribution in [-0.2, 0) is 4.79 Å². The fraction of sp³-hybridized carbons (Fsp3) is 0.0714. The number of amides is 1. The number of carbonyl (C=O) groups excluding carboxylic acids is 1. The third kappa shape index (κ3) is 2.30. The molecule has 2 aromatic carbocycles. The van der Waals surface area contributed by atoms with Gasteiger partial charge in [0.05, 0.1) is 14.9 Å². The highest BCUT2D eigenvalue weighted by molar-refractivity contribution is 14.1. The van der Waals surface area contributed by atoms with Crippen LogP contribution in [0.25, 0.3) is 0 Å². The Bertz CT molecular complexity index is 645. The molecule has 1 aliphatic rings. The smallest absolute Gasteiger partial charge is 0.251 e. The van der Waals surface area contributed by atoms with Gasteiger partial charge in [0, 0.05) is 6.07 Å². The van der Waals surface area contributed by atoms with E-state index in [2.05, 4.69) is 10.6 Å². The van der Waals surface area contributed by atoms with Gasteiger partial charge in [-0.15, -0.1) is 0 Å². The molecule has 3 nitrogen and oxygen atoms in total. The zero-order valence-corrected chi connectivity index (χ0v) is 11.9. The van der Waals surface area contributed by atoms with Gasteiger partial charge in [0.25, 0.3) is 5.91 Å². The molecule has 1 unspecified atom stereocenters. The average molecular weight is 368 g/mol. The molecular weight excluding hydrogens is 358 g/mol. The van der Waals surface area contributed by atoms with Gasteiger partial charge in [-0.05, 0) is 34.2 Å². The number of rotatable bonds is 1. The van der Waals surface area contributed by atoms with Crippen LogP contribution in [0.5, 0.6) is 0 Å². The molecule has 3 rings (SSSR count). The molecule has 0 saturated carbocycles. The summed E-state index contributed by atoms with van der Waals surface area (Å²) in [6.07, 6.45) is 0. The van der Waals surface area contributed by atoms with E-state index in [1.165, 1.54) is 6.07 Å². The topological polar surface area (TPSA) is 41.1 Å². The highest BCUT2D eigenvalue weighted by atomic mass is 127. The van der Waals surface area contributed by atoms with E-state index in [1.807, 2.05) is 52.9 Å². The number of nitrogens with one attached hydrogen (secondary N) is 2. The van der Waals surface area contributed by atoms with Crippen LogP contribution in [0.2, 0.25) is 0 Å². The standard InChI is InChI=1S/C14H10FIN2O/c15-9-6-11-12(7-10(9)16)18-14(19)13(17-11)8-4-2-1-3-5-8/h1-7,13,17H,(H,18,19). The van der Waals surface area contributed by atoms with Crippen molar-refractivity contribution in [1.82, 2.24) is 0 Å². The van der Waals surface area contributed by atoms with Gasteiger partial charge in [-0.1, -0.05) is 30.3 Å². The van der Waals surface area contributed by atoms with Crippen molar-refractivity contribution in [3.8, 4) is 0 Å². The molecule has 19 heavy (non-hydrogen) atoms. The Hall–Kier alpha value is -1.63. The number of hydrogen-bond acceptors (Lipinski definition) is 2. The van der Waals surface area contributed by atoms with Gasteiger partial charge in [0.1, 0.15) is 11.9 Å². The lowest BCUT2D eigenvalue weighted by Crippen LogP contribution is -2.32. The molecule has 0 spiro atoms. The minimum atomic E-state index is -0.492. The van der Waals surface area contributed by atoms with E-state index >= 15 is 0 Å². The van der Waals surface area contributed by atoms with E-state index in [4.69, 9.17) is 0 Å². The summed E-state index contributed by atoms with van der Waals surface area (Å²) < 4.78 is 14.1. The van der Waals surface area contributed by atoms with Crippen LogP contribution < -0.4 is 10.6 Å². The Morgan fingerprint density at radius 3 is 2.58 bits per heavy atom. The van der Waals surface area contributed by atoms with Crippen LogP contribution in [0.3, 0.4) is 0 Å². The molecule has 5 heteroatoms. The summed E-state index contributed by atoms with van der Waals surface area (Å²) in [6.45, 7) is 0. The molecule has 0 bridgehead atoms. The predicted molar refractivity (Wildman–Crippen MR) is 80.6 cm³/mol. The summed E-state index contributed by atoms with van der Waals surface area (Å²) in [7, 11) is 0. The second-order valence-corrected chi connectivity index (χ2v) is 5.45. The van der Waals surface area contributed by atoms with Crippen molar-refractivity contribution in [2.75, 3.05) is 10.6 Å². The van der Waals surface area contributed by atoms with E-state index in [9.17, 15) is 9.18 Å². The fourth-order valence-electron chi connectivity index (χ4n) is 2.08. The van der Waals surface area contributed by atoms with Gasteiger partial charge in [-0.25, -0.2) is 4.39 Å². The Morgan fingerprint density at radius 2 is 1.84 bits per heavy atom. The molecule has 1 aliphatic heterocycles. The Kier molecular flexibility index (Phi) is 3.14. The van der Waals surface area contributed by atoms with Crippen LogP contribution in [-0.4, -0.2) is 5.91 Å². The van der Waals surface area contributed by atoms with Gasteiger partial charge in [0.15, 0.2) is 0 Å². The van der Waals surface area contributed by atoms with Crippen LogP contribution >= 0.6 is 22.6 Å². The normalized spacial score (nSPS) is 17.4. The maximum Gasteiger partial charge on any atom is 0.251 e. The van der Waals surface area contributed by atoms with Gasteiger partial charge in [-0.3, -0.25) is 4.79 Å². The molecule has 2 N–H and O–H groups in total. The third-order valence-corrected chi connectivity index (χ3v) is 3.84. The largest absolute Gasteiger partial charge is 0.368 e. The molecule has 96 valence electrons. The molecule has 1 amide bonds. The molecule has 2 aromatic rings. The molecule has 0 radical (unpaired) electrons. The number of benzene rings is 2. The summed E-state index contributed by atoms with van der Waals surface area (Å²) in [5, 5.41) is 5.88. The molecule has 1 heterocycles. The number of halogens is 2. The highest BCUT2D eigenvalue weighted by Gasteiger charge is 2.27.